The third-order valence-corrected chi connectivity index (χ3v) is 5.22. The number of aromatic nitrogens is 1. The highest BCUT2D eigenvalue weighted by Gasteiger charge is 2.16. The number of aryl methyl sites for hydroxylation is 2. The van der Waals surface area contributed by atoms with Gasteiger partial charge in [-0.25, -0.2) is 4.98 Å². The van der Waals surface area contributed by atoms with Gasteiger partial charge < -0.3 is 9.73 Å². The van der Waals surface area contributed by atoms with Gasteiger partial charge in [0.25, 0.3) is 5.91 Å². The van der Waals surface area contributed by atoms with E-state index in [9.17, 15) is 4.79 Å². The normalized spacial score (nSPS) is 11.0. The number of anilines is 1. The predicted molar refractivity (Wildman–Crippen MR) is 113 cm³/mol. The van der Waals surface area contributed by atoms with Crippen LogP contribution >= 0.6 is 23.2 Å². The maximum atomic E-state index is 12.6. The molecule has 3 aromatic carbocycles. The Hall–Kier alpha value is -2.82. The number of fused-ring (bicyclic) bond motifs is 1. The first-order valence-corrected chi connectivity index (χ1v) is 9.41. The lowest BCUT2D eigenvalue weighted by Crippen LogP contribution is -2.11. The standard InChI is InChI=1S/C22H16Cl2N2O2/c1-12-6-8-15(10-13(12)2)25-21(27)14-7-9-18-19(11-14)28-22(26-18)20-16(23)4-3-5-17(20)24/h3-11H,1-2H3,(H,25,27). The lowest BCUT2D eigenvalue weighted by molar-refractivity contribution is 0.102. The van der Waals surface area contributed by atoms with Gasteiger partial charge in [-0.15, -0.1) is 0 Å². The molecular formula is C22H16Cl2N2O2. The van der Waals surface area contributed by atoms with Gasteiger partial charge in [0, 0.05) is 11.3 Å². The lowest BCUT2D eigenvalue weighted by atomic mass is 10.1. The zero-order valence-corrected chi connectivity index (χ0v) is 16.7. The molecule has 1 aromatic heterocycles. The van der Waals surface area contributed by atoms with Gasteiger partial charge in [0.05, 0.1) is 15.6 Å². The molecule has 4 rings (SSSR count). The summed E-state index contributed by atoms with van der Waals surface area (Å²) in [4.78, 5) is 17.1. The van der Waals surface area contributed by atoms with E-state index < -0.39 is 0 Å². The Morgan fingerprint density at radius 2 is 1.71 bits per heavy atom. The molecule has 4 aromatic rings. The highest BCUT2D eigenvalue weighted by Crippen LogP contribution is 2.35. The molecule has 0 aliphatic rings. The molecule has 0 atom stereocenters. The summed E-state index contributed by atoms with van der Waals surface area (Å²) in [7, 11) is 0. The van der Waals surface area contributed by atoms with Crippen LogP contribution in [0.3, 0.4) is 0 Å². The van der Waals surface area contributed by atoms with Gasteiger partial charge in [0.2, 0.25) is 5.89 Å². The van der Waals surface area contributed by atoms with Crippen molar-refractivity contribution in [3.05, 3.63) is 81.3 Å². The molecule has 0 fully saturated rings. The van der Waals surface area contributed by atoms with Crippen molar-refractivity contribution in [3.8, 4) is 11.5 Å². The number of nitrogens with zero attached hydrogens (tertiary/aromatic N) is 1. The molecule has 28 heavy (non-hydrogen) atoms. The summed E-state index contributed by atoms with van der Waals surface area (Å²) in [5, 5.41) is 3.81. The smallest absolute Gasteiger partial charge is 0.255 e. The molecule has 0 aliphatic heterocycles. The first-order chi connectivity index (χ1) is 13.4. The Morgan fingerprint density at radius 1 is 0.964 bits per heavy atom. The van der Waals surface area contributed by atoms with Crippen LogP contribution in [0.1, 0.15) is 21.5 Å². The van der Waals surface area contributed by atoms with Crippen molar-refractivity contribution in [1.29, 1.82) is 0 Å². The maximum absolute atomic E-state index is 12.6. The van der Waals surface area contributed by atoms with Crippen LogP contribution in [-0.4, -0.2) is 10.9 Å². The second-order valence-corrected chi connectivity index (χ2v) is 7.37. The number of carbonyl (C=O) groups is 1. The molecule has 0 saturated carbocycles. The summed E-state index contributed by atoms with van der Waals surface area (Å²) < 4.78 is 5.83. The molecule has 0 spiro atoms. The first kappa shape index (κ1) is 18.5. The number of hydrogen-bond acceptors (Lipinski definition) is 3. The molecule has 1 N–H and O–H groups in total. The number of rotatable bonds is 3. The summed E-state index contributed by atoms with van der Waals surface area (Å²) in [6.07, 6.45) is 0. The van der Waals surface area contributed by atoms with E-state index >= 15 is 0 Å². The van der Waals surface area contributed by atoms with E-state index in [-0.39, 0.29) is 5.91 Å². The largest absolute Gasteiger partial charge is 0.436 e. The van der Waals surface area contributed by atoms with Crippen LogP contribution in [0.4, 0.5) is 5.69 Å². The number of carbonyl (C=O) groups excluding carboxylic acids is 1. The Bertz CT molecular complexity index is 1190. The van der Waals surface area contributed by atoms with Crippen LogP contribution in [0, 0.1) is 13.8 Å². The molecular weight excluding hydrogens is 395 g/mol. The van der Waals surface area contributed by atoms with Crippen LogP contribution in [0.15, 0.2) is 59.0 Å². The Morgan fingerprint density at radius 3 is 2.43 bits per heavy atom. The number of halogens is 2. The first-order valence-electron chi connectivity index (χ1n) is 8.66. The minimum absolute atomic E-state index is 0.223. The van der Waals surface area contributed by atoms with Gasteiger partial charge in [-0.3, -0.25) is 4.79 Å². The van der Waals surface area contributed by atoms with Gasteiger partial charge in [0.15, 0.2) is 5.58 Å². The van der Waals surface area contributed by atoms with Gasteiger partial charge >= 0.3 is 0 Å². The molecule has 6 heteroatoms. The number of oxazole rings is 1. The monoisotopic (exact) mass is 410 g/mol. The maximum Gasteiger partial charge on any atom is 0.255 e. The second kappa shape index (κ2) is 7.30. The fourth-order valence-electron chi connectivity index (χ4n) is 2.90. The molecule has 4 nitrogen and oxygen atoms in total. The second-order valence-electron chi connectivity index (χ2n) is 6.55. The van der Waals surface area contributed by atoms with Crippen LogP contribution < -0.4 is 5.32 Å². The SMILES string of the molecule is Cc1ccc(NC(=O)c2ccc3nc(-c4c(Cl)cccc4Cl)oc3c2)cc1C. The van der Waals surface area contributed by atoms with Crippen LogP contribution in [0.2, 0.25) is 10.0 Å². The summed E-state index contributed by atoms with van der Waals surface area (Å²) >= 11 is 12.5. The molecule has 0 unspecified atom stereocenters. The molecule has 1 heterocycles. The van der Waals surface area contributed by atoms with E-state index in [1.165, 1.54) is 5.56 Å². The van der Waals surface area contributed by atoms with Gasteiger partial charge in [-0.2, -0.15) is 0 Å². The van der Waals surface area contributed by atoms with E-state index in [0.29, 0.717) is 38.2 Å². The number of nitrogens with one attached hydrogen (secondary N) is 1. The zero-order valence-electron chi connectivity index (χ0n) is 15.2. The summed E-state index contributed by atoms with van der Waals surface area (Å²) in [6, 6.07) is 16.1. The molecule has 0 saturated heterocycles. The van der Waals surface area contributed by atoms with Crippen molar-refractivity contribution < 1.29 is 9.21 Å². The van der Waals surface area contributed by atoms with Crippen molar-refractivity contribution >= 4 is 45.9 Å². The number of hydrogen-bond donors (Lipinski definition) is 1. The lowest BCUT2D eigenvalue weighted by Gasteiger charge is -2.07. The average molecular weight is 411 g/mol. The van der Waals surface area contributed by atoms with Crippen LogP contribution in [0.25, 0.3) is 22.6 Å². The van der Waals surface area contributed by atoms with Gasteiger partial charge in [0.1, 0.15) is 5.52 Å². The Labute approximate surface area is 172 Å². The highest BCUT2D eigenvalue weighted by atomic mass is 35.5. The quantitative estimate of drug-likeness (QED) is 0.410. The summed E-state index contributed by atoms with van der Waals surface area (Å²) in [5.41, 5.74) is 5.14. The zero-order chi connectivity index (χ0) is 19.8. The third-order valence-electron chi connectivity index (χ3n) is 4.59. The van der Waals surface area contributed by atoms with E-state index in [1.807, 2.05) is 32.0 Å². The van der Waals surface area contributed by atoms with Crippen molar-refractivity contribution in [2.45, 2.75) is 13.8 Å². The van der Waals surface area contributed by atoms with Gasteiger partial charge in [-0.05, 0) is 67.4 Å². The number of benzene rings is 3. The van der Waals surface area contributed by atoms with Crippen LogP contribution in [0.5, 0.6) is 0 Å². The fraction of sp³-hybridized carbons (Fsp3) is 0.0909. The van der Waals surface area contributed by atoms with E-state index in [0.717, 1.165) is 11.3 Å². The van der Waals surface area contributed by atoms with Crippen molar-refractivity contribution in [1.82, 2.24) is 4.98 Å². The Kier molecular flexibility index (Phi) is 4.84. The van der Waals surface area contributed by atoms with E-state index in [2.05, 4.69) is 10.3 Å². The van der Waals surface area contributed by atoms with E-state index in [1.54, 1.807) is 36.4 Å². The summed E-state index contributed by atoms with van der Waals surface area (Å²) in [6.45, 7) is 4.04. The topological polar surface area (TPSA) is 55.1 Å². The molecule has 0 radical (unpaired) electrons. The average Bonchev–Trinajstić information content (AvgIpc) is 3.07. The molecule has 1 amide bonds. The molecule has 0 bridgehead atoms. The van der Waals surface area contributed by atoms with Gasteiger partial charge in [-0.1, -0.05) is 35.3 Å². The molecule has 0 aliphatic carbocycles. The molecule has 140 valence electrons. The fourth-order valence-corrected chi connectivity index (χ4v) is 3.46. The van der Waals surface area contributed by atoms with Crippen molar-refractivity contribution in [2.24, 2.45) is 0 Å². The third kappa shape index (κ3) is 3.49. The highest BCUT2D eigenvalue weighted by molar-refractivity contribution is 6.38. The Balaban J connectivity index is 1.66. The summed E-state index contributed by atoms with van der Waals surface area (Å²) in [5.74, 6) is 0.0937. The minimum Gasteiger partial charge on any atom is -0.436 e. The minimum atomic E-state index is -0.223. The number of amides is 1. The van der Waals surface area contributed by atoms with Crippen LogP contribution in [-0.2, 0) is 0 Å². The van der Waals surface area contributed by atoms with E-state index in [4.69, 9.17) is 27.6 Å². The predicted octanol–water partition coefficient (Wildman–Crippen LogP) is 6.67. The van der Waals surface area contributed by atoms with Crippen molar-refractivity contribution in [3.63, 3.8) is 0 Å². The van der Waals surface area contributed by atoms with Crippen molar-refractivity contribution in [2.75, 3.05) is 5.32 Å².